The van der Waals surface area contributed by atoms with Crippen molar-refractivity contribution in [1.29, 1.82) is 0 Å². The molecule has 2 unspecified atom stereocenters. The SMILES string of the molecule is O=C(CC1CC2CCC(C1)N2)NCCCn1cccn1. The molecule has 3 rings (SSSR count). The zero-order chi connectivity index (χ0) is 13.8. The normalized spacial score (nSPS) is 28.5. The predicted octanol–water partition coefficient (Wildman–Crippen LogP) is 1.31. The van der Waals surface area contributed by atoms with Gasteiger partial charge in [0.1, 0.15) is 0 Å². The number of piperidine rings is 1. The van der Waals surface area contributed by atoms with Crippen molar-refractivity contribution in [2.24, 2.45) is 5.92 Å². The van der Waals surface area contributed by atoms with E-state index in [1.165, 1.54) is 25.7 Å². The van der Waals surface area contributed by atoms with Gasteiger partial charge in [-0.05, 0) is 44.1 Å². The van der Waals surface area contributed by atoms with Gasteiger partial charge in [0.25, 0.3) is 0 Å². The zero-order valence-electron chi connectivity index (χ0n) is 11.9. The number of amides is 1. The van der Waals surface area contributed by atoms with Crippen molar-refractivity contribution in [2.45, 2.75) is 57.2 Å². The molecule has 5 heteroatoms. The minimum atomic E-state index is 0.219. The Kier molecular flexibility index (Phi) is 4.35. The third-order valence-corrected chi connectivity index (χ3v) is 4.49. The average molecular weight is 276 g/mol. The lowest BCUT2D eigenvalue weighted by atomic mass is 9.89. The number of carbonyl (C=O) groups excluding carboxylic acids is 1. The zero-order valence-corrected chi connectivity index (χ0v) is 11.9. The lowest BCUT2D eigenvalue weighted by molar-refractivity contribution is -0.122. The second kappa shape index (κ2) is 6.39. The number of fused-ring (bicyclic) bond motifs is 2. The third kappa shape index (κ3) is 3.60. The Labute approximate surface area is 120 Å². The van der Waals surface area contributed by atoms with Crippen LogP contribution in [-0.4, -0.2) is 34.3 Å². The van der Waals surface area contributed by atoms with Crippen molar-refractivity contribution < 1.29 is 4.79 Å². The molecule has 3 heterocycles. The van der Waals surface area contributed by atoms with Crippen LogP contribution in [0.4, 0.5) is 0 Å². The first kappa shape index (κ1) is 13.6. The van der Waals surface area contributed by atoms with Gasteiger partial charge in [-0.2, -0.15) is 5.10 Å². The number of aromatic nitrogens is 2. The van der Waals surface area contributed by atoms with Gasteiger partial charge in [0, 0.05) is 44.0 Å². The van der Waals surface area contributed by atoms with Crippen molar-refractivity contribution >= 4 is 5.91 Å². The van der Waals surface area contributed by atoms with Crippen molar-refractivity contribution in [3.63, 3.8) is 0 Å². The van der Waals surface area contributed by atoms with Crippen LogP contribution in [0.3, 0.4) is 0 Å². The van der Waals surface area contributed by atoms with E-state index in [1.54, 1.807) is 6.20 Å². The van der Waals surface area contributed by atoms with Crippen LogP contribution >= 0.6 is 0 Å². The molecule has 2 saturated heterocycles. The molecule has 1 aromatic heterocycles. The molecular weight excluding hydrogens is 252 g/mol. The van der Waals surface area contributed by atoms with Crippen LogP contribution in [0, 0.1) is 5.92 Å². The number of hydrogen-bond acceptors (Lipinski definition) is 3. The summed E-state index contributed by atoms with van der Waals surface area (Å²) >= 11 is 0. The molecule has 0 radical (unpaired) electrons. The number of aryl methyl sites for hydroxylation is 1. The Morgan fingerprint density at radius 2 is 2.15 bits per heavy atom. The van der Waals surface area contributed by atoms with E-state index in [9.17, 15) is 4.79 Å². The average Bonchev–Trinajstić information content (AvgIpc) is 3.05. The van der Waals surface area contributed by atoms with E-state index in [1.807, 2.05) is 16.9 Å². The molecule has 2 aliphatic heterocycles. The second-order valence-electron chi connectivity index (χ2n) is 6.15. The molecule has 2 aliphatic rings. The first-order valence-corrected chi connectivity index (χ1v) is 7.80. The van der Waals surface area contributed by atoms with E-state index in [4.69, 9.17) is 0 Å². The van der Waals surface area contributed by atoms with Gasteiger partial charge in [0.05, 0.1) is 0 Å². The third-order valence-electron chi connectivity index (χ3n) is 4.49. The lowest BCUT2D eigenvalue weighted by Crippen LogP contribution is -2.39. The Hall–Kier alpha value is -1.36. The summed E-state index contributed by atoms with van der Waals surface area (Å²) in [4.78, 5) is 12.0. The quantitative estimate of drug-likeness (QED) is 0.770. The molecule has 0 spiro atoms. The van der Waals surface area contributed by atoms with E-state index >= 15 is 0 Å². The minimum Gasteiger partial charge on any atom is -0.356 e. The van der Waals surface area contributed by atoms with Crippen molar-refractivity contribution in [2.75, 3.05) is 6.54 Å². The Morgan fingerprint density at radius 3 is 2.85 bits per heavy atom. The molecule has 2 atom stereocenters. The fraction of sp³-hybridized carbons (Fsp3) is 0.733. The number of nitrogens with zero attached hydrogens (tertiary/aromatic N) is 2. The maximum atomic E-state index is 12.0. The summed E-state index contributed by atoms with van der Waals surface area (Å²) in [6.07, 6.45) is 10.3. The van der Waals surface area contributed by atoms with Crippen molar-refractivity contribution in [1.82, 2.24) is 20.4 Å². The van der Waals surface area contributed by atoms with E-state index < -0.39 is 0 Å². The minimum absolute atomic E-state index is 0.219. The first-order valence-electron chi connectivity index (χ1n) is 7.80. The molecule has 0 aliphatic carbocycles. The standard InChI is InChI=1S/C15H24N4O/c20-15(16-5-1-7-19-8-2-6-17-19)11-12-9-13-3-4-14(10-12)18-13/h2,6,8,12-14,18H,1,3-5,7,9-11H2,(H,16,20). The van der Waals surface area contributed by atoms with Gasteiger partial charge in [0.15, 0.2) is 0 Å². The van der Waals surface area contributed by atoms with Crippen LogP contribution in [0.5, 0.6) is 0 Å². The molecule has 110 valence electrons. The summed E-state index contributed by atoms with van der Waals surface area (Å²) < 4.78 is 1.90. The second-order valence-corrected chi connectivity index (χ2v) is 6.15. The number of nitrogens with one attached hydrogen (secondary N) is 2. The molecule has 20 heavy (non-hydrogen) atoms. The molecule has 2 bridgehead atoms. The van der Waals surface area contributed by atoms with Gasteiger partial charge in [-0.3, -0.25) is 9.48 Å². The topological polar surface area (TPSA) is 59.0 Å². The van der Waals surface area contributed by atoms with Gasteiger partial charge in [-0.1, -0.05) is 0 Å². The van der Waals surface area contributed by atoms with E-state index in [0.717, 1.165) is 19.5 Å². The summed E-state index contributed by atoms with van der Waals surface area (Å²) in [5.41, 5.74) is 0. The van der Waals surface area contributed by atoms with Crippen LogP contribution in [-0.2, 0) is 11.3 Å². The van der Waals surface area contributed by atoms with Gasteiger partial charge in [0.2, 0.25) is 5.91 Å². The monoisotopic (exact) mass is 276 g/mol. The first-order chi connectivity index (χ1) is 9.79. The molecule has 1 amide bonds. The fourth-order valence-electron chi connectivity index (χ4n) is 3.58. The number of rotatable bonds is 6. The van der Waals surface area contributed by atoms with Gasteiger partial charge >= 0.3 is 0 Å². The highest BCUT2D eigenvalue weighted by molar-refractivity contribution is 5.76. The highest BCUT2D eigenvalue weighted by Gasteiger charge is 2.33. The van der Waals surface area contributed by atoms with Crippen LogP contribution in [0.2, 0.25) is 0 Å². The molecule has 1 aromatic rings. The number of hydrogen-bond donors (Lipinski definition) is 2. The smallest absolute Gasteiger partial charge is 0.220 e. The fourth-order valence-corrected chi connectivity index (χ4v) is 3.58. The predicted molar refractivity (Wildman–Crippen MR) is 77.1 cm³/mol. The molecule has 0 aromatic carbocycles. The van der Waals surface area contributed by atoms with Gasteiger partial charge in [-0.25, -0.2) is 0 Å². The summed E-state index contributed by atoms with van der Waals surface area (Å²) in [6, 6.07) is 3.27. The van der Waals surface area contributed by atoms with E-state index in [-0.39, 0.29) is 5.91 Å². The summed E-state index contributed by atoms with van der Waals surface area (Å²) in [7, 11) is 0. The summed E-state index contributed by atoms with van der Waals surface area (Å²) in [5.74, 6) is 0.802. The van der Waals surface area contributed by atoms with E-state index in [0.29, 0.717) is 24.4 Å². The molecule has 5 nitrogen and oxygen atoms in total. The highest BCUT2D eigenvalue weighted by atomic mass is 16.1. The Morgan fingerprint density at radius 1 is 1.35 bits per heavy atom. The molecule has 0 saturated carbocycles. The molecular formula is C15H24N4O. The van der Waals surface area contributed by atoms with Gasteiger partial charge < -0.3 is 10.6 Å². The van der Waals surface area contributed by atoms with Crippen molar-refractivity contribution in [3.8, 4) is 0 Å². The molecule has 2 N–H and O–H groups in total. The summed E-state index contributed by atoms with van der Waals surface area (Å²) in [5, 5.41) is 10.8. The van der Waals surface area contributed by atoms with Crippen LogP contribution in [0.25, 0.3) is 0 Å². The van der Waals surface area contributed by atoms with Crippen LogP contribution in [0.15, 0.2) is 18.5 Å². The lowest BCUT2D eigenvalue weighted by Gasteiger charge is -2.28. The highest BCUT2D eigenvalue weighted by Crippen LogP contribution is 2.32. The molecule has 2 fully saturated rings. The summed E-state index contributed by atoms with van der Waals surface area (Å²) in [6.45, 7) is 1.61. The van der Waals surface area contributed by atoms with E-state index in [2.05, 4.69) is 15.7 Å². The maximum absolute atomic E-state index is 12.0. The maximum Gasteiger partial charge on any atom is 0.220 e. The van der Waals surface area contributed by atoms with Crippen LogP contribution < -0.4 is 10.6 Å². The van der Waals surface area contributed by atoms with Gasteiger partial charge in [-0.15, -0.1) is 0 Å². The van der Waals surface area contributed by atoms with Crippen LogP contribution in [0.1, 0.15) is 38.5 Å². The number of carbonyl (C=O) groups is 1. The Bertz CT molecular complexity index is 419. The Balaban J connectivity index is 1.31. The largest absolute Gasteiger partial charge is 0.356 e. The van der Waals surface area contributed by atoms with Crippen molar-refractivity contribution in [3.05, 3.63) is 18.5 Å².